The van der Waals surface area contributed by atoms with Crippen LogP contribution in [-0.4, -0.2) is 35.9 Å². The van der Waals surface area contributed by atoms with Gasteiger partial charge in [0, 0.05) is 12.2 Å². The van der Waals surface area contributed by atoms with Crippen LogP contribution >= 0.6 is 12.6 Å². The standard InChI is InChI=1S/C8H14N3O3S/c9-6(1-2-7(10)13)8(14)11-5(3-12)4-15/h5-6,15H,1-2,4,9H2,(H2,10,13)(H,11,14)/t5-,6?/m1/s1. The highest BCUT2D eigenvalue weighted by Crippen LogP contribution is 1.95. The summed E-state index contributed by atoms with van der Waals surface area (Å²) < 4.78 is 0. The van der Waals surface area contributed by atoms with Gasteiger partial charge in [-0.3, -0.25) is 14.4 Å². The van der Waals surface area contributed by atoms with E-state index < -0.39 is 23.9 Å². The predicted octanol–water partition coefficient (Wildman–Crippen LogP) is -1.90. The summed E-state index contributed by atoms with van der Waals surface area (Å²) in [4.78, 5) is 32.0. The van der Waals surface area contributed by atoms with Gasteiger partial charge in [0.2, 0.25) is 18.1 Å². The van der Waals surface area contributed by atoms with Gasteiger partial charge < -0.3 is 16.8 Å². The smallest absolute Gasteiger partial charge is 0.237 e. The molecule has 0 bridgehead atoms. The molecule has 0 aliphatic carbocycles. The normalized spacial score (nSPS) is 14.0. The van der Waals surface area contributed by atoms with Crippen LogP contribution in [0.4, 0.5) is 0 Å². The average Bonchev–Trinajstić information content (AvgIpc) is 2.21. The first-order chi connectivity index (χ1) is 7.01. The molecule has 1 radical (unpaired) electrons. The zero-order valence-electron chi connectivity index (χ0n) is 8.10. The van der Waals surface area contributed by atoms with Crippen LogP contribution in [0, 0.1) is 0 Å². The van der Waals surface area contributed by atoms with Gasteiger partial charge in [0.05, 0.1) is 6.04 Å². The average molecular weight is 232 g/mol. The minimum atomic E-state index is -0.853. The fraction of sp³-hybridized carbons (Fsp3) is 0.625. The Bertz CT molecular complexity index is 247. The Morgan fingerprint density at radius 1 is 1.47 bits per heavy atom. The molecule has 2 amide bonds. The van der Waals surface area contributed by atoms with Crippen molar-refractivity contribution in [3.8, 4) is 0 Å². The predicted molar refractivity (Wildman–Crippen MR) is 57.9 cm³/mol. The second-order valence-electron chi connectivity index (χ2n) is 2.97. The molecule has 0 aliphatic rings. The lowest BCUT2D eigenvalue weighted by molar-refractivity contribution is -0.123. The molecule has 0 aromatic rings. The topological polar surface area (TPSA) is 115 Å². The van der Waals surface area contributed by atoms with Crippen molar-refractivity contribution in [2.75, 3.05) is 5.75 Å². The highest BCUT2D eigenvalue weighted by molar-refractivity contribution is 7.80. The van der Waals surface area contributed by atoms with Crippen molar-refractivity contribution in [1.82, 2.24) is 5.32 Å². The van der Waals surface area contributed by atoms with Gasteiger partial charge >= 0.3 is 0 Å². The molecule has 0 saturated carbocycles. The van der Waals surface area contributed by atoms with Gasteiger partial charge in [-0.15, -0.1) is 0 Å². The molecule has 5 N–H and O–H groups in total. The number of carbonyl (C=O) groups excluding carboxylic acids is 3. The molecule has 2 atom stereocenters. The summed E-state index contributed by atoms with van der Waals surface area (Å²) in [5, 5.41) is 2.32. The van der Waals surface area contributed by atoms with Gasteiger partial charge in [-0.25, -0.2) is 0 Å². The van der Waals surface area contributed by atoms with Crippen molar-refractivity contribution in [2.45, 2.75) is 24.9 Å². The molecule has 7 heteroatoms. The van der Waals surface area contributed by atoms with E-state index in [1.807, 2.05) is 0 Å². The zero-order chi connectivity index (χ0) is 11.8. The van der Waals surface area contributed by atoms with Crippen molar-refractivity contribution >= 4 is 30.7 Å². The maximum absolute atomic E-state index is 11.3. The molecule has 0 fully saturated rings. The van der Waals surface area contributed by atoms with Crippen LogP contribution in [0.5, 0.6) is 0 Å². The van der Waals surface area contributed by atoms with Crippen LogP contribution in [-0.2, 0) is 14.4 Å². The van der Waals surface area contributed by atoms with Gasteiger partial charge in [0.25, 0.3) is 0 Å². The number of nitrogens with one attached hydrogen (secondary N) is 1. The highest BCUT2D eigenvalue weighted by atomic mass is 32.1. The van der Waals surface area contributed by atoms with Crippen molar-refractivity contribution in [3.05, 3.63) is 0 Å². The molecule has 0 aromatic carbocycles. The van der Waals surface area contributed by atoms with Crippen LogP contribution in [0.15, 0.2) is 0 Å². The van der Waals surface area contributed by atoms with E-state index in [4.69, 9.17) is 11.5 Å². The van der Waals surface area contributed by atoms with Crippen molar-refractivity contribution in [3.63, 3.8) is 0 Å². The maximum Gasteiger partial charge on any atom is 0.237 e. The SMILES string of the molecule is NC(=O)CCC(N)C(=O)N[C@H]([C]=O)CS. The fourth-order valence-corrected chi connectivity index (χ4v) is 0.986. The Balaban J connectivity index is 3.97. The Morgan fingerprint density at radius 3 is 2.47 bits per heavy atom. The number of thiol groups is 1. The van der Waals surface area contributed by atoms with E-state index in [1.54, 1.807) is 6.29 Å². The monoisotopic (exact) mass is 232 g/mol. The number of carbonyl (C=O) groups is 2. The number of amides is 2. The molecule has 0 spiro atoms. The van der Waals surface area contributed by atoms with E-state index in [0.29, 0.717) is 0 Å². The summed E-state index contributed by atoms with van der Waals surface area (Å²) in [7, 11) is 0. The number of rotatable bonds is 7. The Labute approximate surface area is 93.2 Å². The van der Waals surface area contributed by atoms with E-state index in [9.17, 15) is 14.4 Å². The van der Waals surface area contributed by atoms with Crippen LogP contribution in [0.1, 0.15) is 12.8 Å². The number of hydrogen-bond donors (Lipinski definition) is 4. The Morgan fingerprint density at radius 2 is 2.07 bits per heavy atom. The first-order valence-corrected chi connectivity index (χ1v) is 4.97. The van der Waals surface area contributed by atoms with Gasteiger partial charge in [0.15, 0.2) is 0 Å². The van der Waals surface area contributed by atoms with Gasteiger partial charge in [-0.2, -0.15) is 12.6 Å². The third-order valence-electron chi connectivity index (χ3n) is 1.68. The summed E-state index contributed by atoms with van der Waals surface area (Å²) in [6.45, 7) is 0. The van der Waals surface area contributed by atoms with Crippen LogP contribution in [0.2, 0.25) is 0 Å². The van der Waals surface area contributed by atoms with Gasteiger partial charge in [-0.05, 0) is 6.42 Å². The summed E-state index contributed by atoms with van der Waals surface area (Å²) in [5.74, 6) is -0.887. The van der Waals surface area contributed by atoms with E-state index in [1.165, 1.54) is 0 Å². The van der Waals surface area contributed by atoms with Crippen LogP contribution in [0.25, 0.3) is 0 Å². The number of nitrogens with two attached hydrogens (primary N) is 2. The van der Waals surface area contributed by atoms with Crippen molar-refractivity contribution < 1.29 is 14.4 Å². The summed E-state index contributed by atoms with van der Waals surface area (Å²) in [6, 6.07) is -1.63. The zero-order valence-corrected chi connectivity index (χ0v) is 9.00. The minimum Gasteiger partial charge on any atom is -0.370 e. The molecule has 85 valence electrons. The van der Waals surface area contributed by atoms with Crippen molar-refractivity contribution in [1.29, 1.82) is 0 Å². The first kappa shape index (κ1) is 13.9. The molecule has 1 unspecified atom stereocenters. The van der Waals surface area contributed by atoms with E-state index in [-0.39, 0.29) is 18.6 Å². The third-order valence-corrected chi connectivity index (χ3v) is 2.04. The Hall–Kier alpha value is -1.08. The molecule has 6 nitrogen and oxygen atoms in total. The lowest BCUT2D eigenvalue weighted by atomic mass is 10.1. The molecule has 0 rings (SSSR count). The molecule has 0 saturated heterocycles. The maximum atomic E-state index is 11.3. The van der Waals surface area contributed by atoms with Gasteiger partial charge in [-0.1, -0.05) is 0 Å². The molecule has 15 heavy (non-hydrogen) atoms. The molecular weight excluding hydrogens is 218 g/mol. The van der Waals surface area contributed by atoms with E-state index in [0.717, 1.165) is 0 Å². The van der Waals surface area contributed by atoms with Crippen LogP contribution < -0.4 is 16.8 Å². The first-order valence-electron chi connectivity index (χ1n) is 4.34. The van der Waals surface area contributed by atoms with Crippen LogP contribution in [0.3, 0.4) is 0 Å². The summed E-state index contributed by atoms with van der Waals surface area (Å²) >= 11 is 3.83. The lowest BCUT2D eigenvalue weighted by Gasteiger charge is -2.13. The quantitative estimate of drug-likeness (QED) is 0.384. The van der Waals surface area contributed by atoms with E-state index in [2.05, 4.69) is 17.9 Å². The fourth-order valence-electron chi connectivity index (χ4n) is 0.820. The highest BCUT2D eigenvalue weighted by Gasteiger charge is 2.17. The number of hydrogen-bond acceptors (Lipinski definition) is 5. The van der Waals surface area contributed by atoms with Crippen molar-refractivity contribution in [2.24, 2.45) is 11.5 Å². The van der Waals surface area contributed by atoms with Gasteiger partial charge in [0.1, 0.15) is 6.04 Å². The lowest BCUT2D eigenvalue weighted by Crippen LogP contribution is -2.47. The summed E-state index contributed by atoms with van der Waals surface area (Å²) in [5.41, 5.74) is 10.3. The molecule has 0 aromatic heterocycles. The second kappa shape index (κ2) is 7.24. The summed E-state index contributed by atoms with van der Waals surface area (Å²) in [6.07, 6.45) is 1.78. The van der Waals surface area contributed by atoms with E-state index >= 15 is 0 Å². The molecular formula is C8H14N3O3S. The molecule has 0 heterocycles. The second-order valence-corrected chi connectivity index (χ2v) is 3.34. The minimum absolute atomic E-state index is 0.0327. The third kappa shape index (κ3) is 6.08. The largest absolute Gasteiger partial charge is 0.370 e. The molecule has 0 aliphatic heterocycles. The Kier molecular flexibility index (Phi) is 6.72. The number of primary amides is 1.